The third-order valence-corrected chi connectivity index (χ3v) is 3.91. The molecule has 19 heavy (non-hydrogen) atoms. The number of nitrogens with zero attached hydrogens (tertiary/aromatic N) is 1. The lowest BCUT2D eigenvalue weighted by atomic mass is 9.96. The van der Waals surface area contributed by atoms with Gasteiger partial charge in [-0.25, -0.2) is 4.79 Å². The minimum atomic E-state index is -0.834. The molecular weight excluding hydrogens is 246 g/mol. The Morgan fingerprint density at radius 1 is 1.21 bits per heavy atom. The van der Waals surface area contributed by atoms with E-state index in [0.29, 0.717) is 19.5 Å². The molecule has 0 aromatic carbocycles. The number of amides is 2. The highest BCUT2D eigenvalue weighted by atomic mass is 16.4. The van der Waals surface area contributed by atoms with E-state index < -0.39 is 5.97 Å². The van der Waals surface area contributed by atoms with Gasteiger partial charge in [0.1, 0.15) is 0 Å². The molecule has 0 aliphatic heterocycles. The number of rotatable bonds is 7. The molecule has 0 heterocycles. The molecule has 0 unspecified atom stereocenters. The van der Waals surface area contributed by atoms with E-state index in [9.17, 15) is 9.59 Å². The van der Waals surface area contributed by atoms with Crippen molar-refractivity contribution in [2.45, 2.75) is 44.1 Å². The number of hydrogen-bond donors (Lipinski definition) is 3. The van der Waals surface area contributed by atoms with Crippen LogP contribution in [0.2, 0.25) is 0 Å². The maximum atomic E-state index is 11.6. The summed E-state index contributed by atoms with van der Waals surface area (Å²) in [6.45, 7) is 1.04. The molecule has 1 rings (SSSR count). The number of urea groups is 1. The van der Waals surface area contributed by atoms with Crippen LogP contribution in [-0.2, 0) is 4.79 Å². The molecule has 1 aliphatic carbocycles. The molecule has 0 spiro atoms. The number of hydrogen-bond acceptors (Lipinski definition) is 3. The van der Waals surface area contributed by atoms with Crippen LogP contribution < -0.4 is 10.6 Å². The van der Waals surface area contributed by atoms with Crippen molar-refractivity contribution < 1.29 is 14.7 Å². The van der Waals surface area contributed by atoms with Crippen LogP contribution in [0.4, 0.5) is 4.79 Å². The average molecular weight is 271 g/mol. The third-order valence-electron chi connectivity index (χ3n) is 3.91. The summed E-state index contributed by atoms with van der Waals surface area (Å²) in [5.74, 6) is -0.834. The molecule has 6 heteroatoms. The maximum absolute atomic E-state index is 11.6. The Labute approximate surface area is 114 Å². The van der Waals surface area contributed by atoms with E-state index in [0.717, 1.165) is 12.8 Å². The van der Waals surface area contributed by atoms with Gasteiger partial charge in [0.15, 0.2) is 0 Å². The zero-order valence-electron chi connectivity index (χ0n) is 11.9. The summed E-state index contributed by atoms with van der Waals surface area (Å²) in [4.78, 5) is 24.1. The Morgan fingerprint density at radius 2 is 1.84 bits per heavy atom. The van der Waals surface area contributed by atoms with Gasteiger partial charge in [-0.05, 0) is 33.4 Å². The highest BCUT2D eigenvalue weighted by Crippen LogP contribution is 2.32. The highest BCUT2D eigenvalue weighted by Gasteiger charge is 2.35. The second kappa shape index (κ2) is 7.33. The van der Waals surface area contributed by atoms with Gasteiger partial charge in [0.05, 0.1) is 0 Å². The third kappa shape index (κ3) is 5.06. The van der Waals surface area contributed by atoms with Crippen molar-refractivity contribution in [2.75, 3.05) is 27.2 Å². The number of nitrogens with one attached hydrogen (secondary N) is 2. The molecule has 6 nitrogen and oxygen atoms in total. The largest absolute Gasteiger partial charge is 0.481 e. The molecule has 2 amide bonds. The van der Waals surface area contributed by atoms with Crippen molar-refractivity contribution in [1.82, 2.24) is 15.5 Å². The first-order chi connectivity index (χ1) is 8.96. The Kier molecular flexibility index (Phi) is 6.08. The SMILES string of the molecule is CN(C)C1(CNC(=O)NCCCC(=O)O)CCCC1. The normalized spacial score (nSPS) is 17.4. The second-order valence-electron chi connectivity index (χ2n) is 5.43. The van der Waals surface area contributed by atoms with Gasteiger partial charge in [-0.1, -0.05) is 12.8 Å². The maximum Gasteiger partial charge on any atom is 0.314 e. The molecule has 110 valence electrons. The fourth-order valence-corrected chi connectivity index (χ4v) is 2.56. The topological polar surface area (TPSA) is 81.7 Å². The molecule has 1 fully saturated rings. The second-order valence-corrected chi connectivity index (χ2v) is 5.43. The van der Waals surface area contributed by atoms with Gasteiger partial charge in [0.25, 0.3) is 0 Å². The molecule has 0 bridgehead atoms. The minimum Gasteiger partial charge on any atom is -0.481 e. The zero-order valence-corrected chi connectivity index (χ0v) is 11.9. The van der Waals surface area contributed by atoms with Gasteiger partial charge in [-0.2, -0.15) is 0 Å². The lowest BCUT2D eigenvalue weighted by Gasteiger charge is -2.36. The molecule has 1 aliphatic rings. The lowest BCUT2D eigenvalue weighted by Crippen LogP contribution is -2.52. The molecule has 0 radical (unpaired) electrons. The van der Waals surface area contributed by atoms with Crippen LogP contribution in [0.1, 0.15) is 38.5 Å². The molecule has 0 aromatic rings. The monoisotopic (exact) mass is 271 g/mol. The quantitative estimate of drug-likeness (QED) is 0.604. The number of carboxylic acids is 1. The molecular formula is C13H25N3O3. The lowest BCUT2D eigenvalue weighted by molar-refractivity contribution is -0.137. The van der Waals surface area contributed by atoms with E-state index >= 15 is 0 Å². The number of carboxylic acid groups (broad SMARTS) is 1. The van der Waals surface area contributed by atoms with Gasteiger partial charge in [0.2, 0.25) is 0 Å². The molecule has 1 saturated carbocycles. The van der Waals surface area contributed by atoms with E-state index in [1.807, 2.05) is 0 Å². The smallest absolute Gasteiger partial charge is 0.314 e. The summed E-state index contributed by atoms with van der Waals surface area (Å²) in [7, 11) is 4.11. The average Bonchev–Trinajstić information content (AvgIpc) is 2.82. The summed E-state index contributed by atoms with van der Waals surface area (Å²) in [5, 5.41) is 14.1. The van der Waals surface area contributed by atoms with Crippen molar-refractivity contribution in [1.29, 1.82) is 0 Å². The van der Waals surface area contributed by atoms with Crippen LogP contribution in [0.15, 0.2) is 0 Å². The fraction of sp³-hybridized carbons (Fsp3) is 0.846. The zero-order chi connectivity index (χ0) is 14.3. The predicted molar refractivity (Wildman–Crippen MR) is 73.2 cm³/mol. The summed E-state index contributed by atoms with van der Waals surface area (Å²) >= 11 is 0. The predicted octanol–water partition coefficient (Wildman–Crippen LogP) is 1.02. The van der Waals surface area contributed by atoms with Gasteiger partial charge in [0, 0.05) is 25.0 Å². The van der Waals surface area contributed by atoms with Crippen LogP contribution in [0.3, 0.4) is 0 Å². The Bertz CT molecular complexity index is 312. The number of aliphatic carboxylic acids is 1. The van der Waals surface area contributed by atoms with Crippen molar-refractivity contribution in [3.63, 3.8) is 0 Å². The molecule has 0 atom stereocenters. The van der Waals surface area contributed by atoms with E-state index in [-0.39, 0.29) is 18.0 Å². The first-order valence-electron chi connectivity index (χ1n) is 6.87. The first-order valence-corrected chi connectivity index (χ1v) is 6.87. The summed E-state index contributed by atoms with van der Waals surface area (Å²) < 4.78 is 0. The van der Waals surface area contributed by atoms with Crippen LogP contribution >= 0.6 is 0 Å². The van der Waals surface area contributed by atoms with Crippen LogP contribution in [0.5, 0.6) is 0 Å². The number of carbonyl (C=O) groups is 2. The summed E-state index contributed by atoms with van der Waals surface area (Å²) in [5.41, 5.74) is 0.0818. The van der Waals surface area contributed by atoms with E-state index in [1.54, 1.807) is 0 Å². The summed E-state index contributed by atoms with van der Waals surface area (Å²) in [6.07, 6.45) is 5.18. The summed E-state index contributed by atoms with van der Waals surface area (Å²) in [6, 6.07) is -0.210. The van der Waals surface area contributed by atoms with Crippen molar-refractivity contribution >= 4 is 12.0 Å². The Morgan fingerprint density at radius 3 is 2.37 bits per heavy atom. The minimum absolute atomic E-state index is 0.0818. The Balaban J connectivity index is 2.23. The van der Waals surface area contributed by atoms with Gasteiger partial charge >= 0.3 is 12.0 Å². The number of likely N-dealkylation sites (N-methyl/N-ethyl adjacent to an activating group) is 1. The first kappa shape index (κ1) is 15.8. The van der Waals surface area contributed by atoms with Crippen LogP contribution in [-0.4, -0.2) is 54.7 Å². The van der Waals surface area contributed by atoms with Crippen molar-refractivity contribution in [3.05, 3.63) is 0 Å². The van der Waals surface area contributed by atoms with E-state index in [4.69, 9.17) is 5.11 Å². The van der Waals surface area contributed by atoms with Gasteiger partial charge in [-0.15, -0.1) is 0 Å². The fourth-order valence-electron chi connectivity index (χ4n) is 2.56. The van der Waals surface area contributed by atoms with Gasteiger partial charge in [-0.3, -0.25) is 4.79 Å². The molecule has 0 aromatic heterocycles. The van der Waals surface area contributed by atoms with E-state index in [2.05, 4.69) is 29.6 Å². The van der Waals surface area contributed by atoms with Crippen LogP contribution in [0, 0.1) is 0 Å². The molecule has 0 saturated heterocycles. The molecule has 3 N–H and O–H groups in total. The Hall–Kier alpha value is -1.30. The van der Waals surface area contributed by atoms with Crippen molar-refractivity contribution in [3.8, 4) is 0 Å². The highest BCUT2D eigenvalue weighted by molar-refractivity contribution is 5.74. The standard InChI is InChI=1S/C13H25N3O3/c1-16(2)13(7-3-4-8-13)10-15-12(19)14-9-5-6-11(17)18/h3-10H2,1-2H3,(H,17,18)(H2,14,15,19). The van der Waals surface area contributed by atoms with Gasteiger partial charge < -0.3 is 20.6 Å². The number of carbonyl (C=O) groups excluding carboxylic acids is 1. The van der Waals surface area contributed by atoms with Crippen molar-refractivity contribution in [2.24, 2.45) is 0 Å². The van der Waals surface area contributed by atoms with E-state index in [1.165, 1.54) is 12.8 Å². The van der Waals surface area contributed by atoms with Crippen LogP contribution in [0.25, 0.3) is 0 Å².